The lowest BCUT2D eigenvalue weighted by molar-refractivity contribution is -0.148. The Labute approximate surface area is 222 Å². The first-order chi connectivity index (χ1) is 17.8. The average molecular weight is 540 g/mol. The van der Waals surface area contributed by atoms with E-state index in [-0.39, 0.29) is 29.7 Å². The Balaban J connectivity index is 1.76. The minimum Gasteiger partial charge on any atom is -0.510 e. The quantitative estimate of drug-likeness (QED) is 0.365. The lowest BCUT2D eigenvalue weighted by Gasteiger charge is -2.50. The van der Waals surface area contributed by atoms with Crippen LogP contribution in [0, 0.1) is 11.8 Å². The zero-order chi connectivity index (χ0) is 27.8. The number of hydrogen-bond acceptors (Lipinski definition) is 10. The van der Waals surface area contributed by atoms with E-state index in [9.17, 15) is 34.8 Å². The Morgan fingerprint density at radius 1 is 1.16 bits per heavy atom. The number of hydrogen-bond donors (Lipinski definition) is 5. The predicted molar refractivity (Wildman–Crippen MR) is 141 cm³/mol. The monoisotopic (exact) mass is 539 g/mol. The molecule has 200 valence electrons. The maximum absolute atomic E-state index is 14.0. The van der Waals surface area contributed by atoms with Crippen molar-refractivity contribution >= 4 is 34.5 Å². The SMILES string of the molecule is CN(C)c1cc(-c2ccsc2)c(O)c2c1C[C@H]1C[C@H]3[C@H](N(C)C)C(O)=C(C(N)=O)C(=O)[C@@]3(O)C(O)=C1C2=O. The number of aliphatic hydroxyl groups is 3. The molecule has 0 saturated carbocycles. The van der Waals surface area contributed by atoms with Crippen LogP contribution in [0.4, 0.5) is 5.69 Å². The highest BCUT2D eigenvalue weighted by Crippen LogP contribution is 2.54. The fourth-order valence-corrected chi connectivity index (χ4v) is 6.99. The van der Waals surface area contributed by atoms with Crippen molar-refractivity contribution in [1.82, 2.24) is 4.90 Å². The molecule has 1 aromatic heterocycles. The molecule has 3 aliphatic rings. The molecule has 4 atom stereocenters. The van der Waals surface area contributed by atoms with Crippen molar-refractivity contribution in [3.63, 3.8) is 0 Å². The van der Waals surface area contributed by atoms with Crippen molar-refractivity contribution in [2.75, 3.05) is 33.1 Å². The molecule has 1 aromatic carbocycles. The largest absolute Gasteiger partial charge is 0.510 e. The highest BCUT2D eigenvalue weighted by atomic mass is 32.1. The van der Waals surface area contributed by atoms with E-state index in [0.29, 0.717) is 11.1 Å². The molecule has 10 nitrogen and oxygen atoms in total. The molecule has 0 aliphatic heterocycles. The Morgan fingerprint density at radius 3 is 2.39 bits per heavy atom. The van der Waals surface area contributed by atoms with Gasteiger partial charge in [-0.05, 0) is 66.9 Å². The van der Waals surface area contributed by atoms with Gasteiger partial charge in [-0.25, -0.2) is 0 Å². The van der Waals surface area contributed by atoms with Crippen LogP contribution >= 0.6 is 11.3 Å². The van der Waals surface area contributed by atoms with E-state index in [1.54, 1.807) is 14.1 Å². The molecule has 0 spiro atoms. The smallest absolute Gasteiger partial charge is 0.255 e. The number of Topliss-reactive ketones (excluding diaryl/α,β-unsaturated/α-hetero) is 2. The fourth-order valence-electron chi connectivity index (χ4n) is 6.34. The van der Waals surface area contributed by atoms with Crippen LogP contribution in [0.3, 0.4) is 0 Å². The second-order valence-corrected chi connectivity index (χ2v) is 11.3. The number of nitrogens with zero attached hydrogens (tertiary/aromatic N) is 2. The minimum atomic E-state index is -2.66. The van der Waals surface area contributed by atoms with Crippen molar-refractivity contribution in [1.29, 1.82) is 0 Å². The molecule has 0 bridgehead atoms. The van der Waals surface area contributed by atoms with Crippen LogP contribution in [0.15, 0.2) is 45.6 Å². The fraction of sp³-hybridized carbons (Fsp3) is 0.370. The number of nitrogens with two attached hydrogens (primary N) is 1. The van der Waals surface area contributed by atoms with Crippen molar-refractivity contribution < 1.29 is 34.8 Å². The molecule has 0 unspecified atom stereocenters. The summed E-state index contributed by atoms with van der Waals surface area (Å²) in [4.78, 5) is 42.9. The first kappa shape index (κ1) is 26.0. The first-order valence-corrected chi connectivity index (χ1v) is 13.0. The number of thiophene rings is 1. The summed E-state index contributed by atoms with van der Waals surface area (Å²) in [5.41, 5.74) is 4.19. The van der Waals surface area contributed by atoms with E-state index in [1.165, 1.54) is 16.2 Å². The van der Waals surface area contributed by atoms with Gasteiger partial charge in [0.25, 0.3) is 5.91 Å². The molecular weight excluding hydrogens is 510 g/mol. The molecule has 0 fully saturated rings. The highest BCUT2D eigenvalue weighted by molar-refractivity contribution is 7.08. The zero-order valence-corrected chi connectivity index (χ0v) is 22.2. The number of benzene rings is 1. The van der Waals surface area contributed by atoms with Crippen LogP contribution in [-0.4, -0.2) is 82.6 Å². The van der Waals surface area contributed by atoms with Gasteiger partial charge in [0.2, 0.25) is 5.78 Å². The molecule has 11 heteroatoms. The lowest BCUT2D eigenvalue weighted by Crippen LogP contribution is -2.63. The number of allylic oxidation sites excluding steroid dienone is 1. The number of primary amides is 1. The van der Waals surface area contributed by atoms with Gasteiger partial charge in [-0.3, -0.25) is 19.3 Å². The molecule has 5 rings (SSSR count). The Kier molecular flexibility index (Phi) is 5.93. The summed E-state index contributed by atoms with van der Waals surface area (Å²) in [5.74, 6) is -6.60. The van der Waals surface area contributed by atoms with Crippen LogP contribution in [0.2, 0.25) is 0 Å². The van der Waals surface area contributed by atoms with Gasteiger partial charge in [0.05, 0.1) is 11.6 Å². The molecule has 1 amide bonds. The van der Waals surface area contributed by atoms with Gasteiger partial charge >= 0.3 is 0 Å². The Hall–Kier alpha value is -3.67. The van der Waals surface area contributed by atoms with Gasteiger partial charge < -0.3 is 31.1 Å². The summed E-state index contributed by atoms with van der Waals surface area (Å²) in [7, 11) is 6.85. The second-order valence-electron chi connectivity index (χ2n) is 10.5. The number of rotatable bonds is 4. The van der Waals surface area contributed by atoms with E-state index < -0.39 is 58.0 Å². The van der Waals surface area contributed by atoms with E-state index in [0.717, 1.165) is 11.3 Å². The molecule has 3 aliphatic carbocycles. The van der Waals surface area contributed by atoms with Crippen molar-refractivity contribution in [3.8, 4) is 16.9 Å². The van der Waals surface area contributed by atoms with E-state index in [2.05, 4.69) is 0 Å². The molecular formula is C27H29N3O7S. The number of amides is 1. The summed E-state index contributed by atoms with van der Waals surface area (Å²) >= 11 is 1.44. The van der Waals surface area contributed by atoms with Crippen molar-refractivity contribution in [2.45, 2.75) is 24.5 Å². The van der Waals surface area contributed by atoms with Crippen LogP contribution in [0.1, 0.15) is 22.3 Å². The Bertz CT molecular complexity index is 1460. The third-order valence-electron chi connectivity index (χ3n) is 8.01. The van der Waals surface area contributed by atoms with Crippen LogP contribution in [0.25, 0.3) is 11.1 Å². The van der Waals surface area contributed by atoms with E-state index in [4.69, 9.17) is 5.73 Å². The maximum Gasteiger partial charge on any atom is 0.255 e. The predicted octanol–water partition coefficient (Wildman–Crippen LogP) is 1.92. The van der Waals surface area contributed by atoms with Gasteiger partial charge in [0.1, 0.15) is 22.8 Å². The number of carbonyl (C=O) groups is 3. The second kappa shape index (κ2) is 8.69. The van der Waals surface area contributed by atoms with Gasteiger partial charge in [0.15, 0.2) is 11.4 Å². The number of ketones is 2. The van der Waals surface area contributed by atoms with Crippen LogP contribution in [0.5, 0.6) is 5.75 Å². The molecule has 0 radical (unpaired) electrons. The standard InChI is InChI=1S/C27H29N3O7S/c1-29(2)16-9-13(11-5-6-38-10-11)21(31)18-14(16)7-12-8-15-20(30(3)4)23(33)19(26(28)36)25(35)27(15,37)24(34)17(12)22(18)32/h5-6,9-10,12,15,20,31,33-34,37H,7-8H2,1-4H3,(H2,28,36)/t12-,15-,20-,27-/m0/s1. The maximum atomic E-state index is 14.0. The number of phenols is 1. The van der Waals surface area contributed by atoms with Crippen LogP contribution < -0.4 is 10.6 Å². The number of aliphatic hydroxyl groups excluding tert-OH is 2. The Morgan fingerprint density at radius 2 is 1.84 bits per heavy atom. The molecule has 0 saturated heterocycles. The number of phenolic OH excluding ortho intramolecular Hbond substituents is 1. The zero-order valence-electron chi connectivity index (χ0n) is 21.3. The van der Waals surface area contributed by atoms with Crippen LogP contribution in [-0.2, 0) is 16.0 Å². The van der Waals surface area contributed by atoms with E-state index in [1.807, 2.05) is 41.9 Å². The lowest BCUT2D eigenvalue weighted by atomic mass is 9.58. The normalized spacial score (nSPS) is 26.8. The summed E-state index contributed by atoms with van der Waals surface area (Å²) in [6, 6.07) is 2.61. The van der Waals surface area contributed by atoms with E-state index >= 15 is 0 Å². The van der Waals surface area contributed by atoms with Crippen molar-refractivity contribution in [3.05, 3.63) is 56.7 Å². The number of carbonyl (C=O) groups excluding carboxylic acids is 3. The summed E-state index contributed by atoms with van der Waals surface area (Å²) in [5, 5.41) is 49.1. The molecule has 2 aromatic rings. The molecule has 1 heterocycles. The number of aromatic hydroxyl groups is 1. The first-order valence-electron chi connectivity index (χ1n) is 12.1. The van der Waals surface area contributed by atoms with Gasteiger partial charge in [-0.2, -0.15) is 11.3 Å². The number of anilines is 1. The summed E-state index contributed by atoms with van der Waals surface area (Å²) in [6.07, 6.45) is 0.283. The summed E-state index contributed by atoms with van der Waals surface area (Å²) < 4.78 is 0. The number of fused-ring (bicyclic) bond motifs is 3. The third-order valence-corrected chi connectivity index (χ3v) is 8.70. The van der Waals surface area contributed by atoms with Gasteiger partial charge in [0, 0.05) is 36.8 Å². The minimum absolute atomic E-state index is 0.00168. The highest BCUT2D eigenvalue weighted by Gasteiger charge is 2.63. The molecule has 6 N–H and O–H groups in total. The van der Waals surface area contributed by atoms with Gasteiger partial charge in [-0.15, -0.1) is 0 Å². The summed E-state index contributed by atoms with van der Waals surface area (Å²) in [6.45, 7) is 0. The number of likely N-dealkylation sites (N-methyl/N-ethyl adjacent to an activating group) is 1. The third kappa shape index (κ3) is 3.35. The topological polar surface area (TPSA) is 165 Å². The van der Waals surface area contributed by atoms with Crippen molar-refractivity contribution in [2.24, 2.45) is 17.6 Å². The molecule has 38 heavy (non-hydrogen) atoms. The van der Waals surface area contributed by atoms with Gasteiger partial charge in [-0.1, -0.05) is 0 Å². The average Bonchev–Trinajstić information content (AvgIpc) is 3.35.